The minimum atomic E-state index is -0.456. The van der Waals surface area contributed by atoms with Crippen LogP contribution in [0.1, 0.15) is 78.9 Å². The summed E-state index contributed by atoms with van der Waals surface area (Å²) < 4.78 is 4.82. The third-order valence-corrected chi connectivity index (χ3v) is 8.43. The molecule has 2 aliphatic rings. The SMILES string of the molecule is COC(=O)c1ccc(CC(=O)[C@@H]2[C@H](c3ccccc3)CCN2C(=O)C2CCC(C(C)C)CC2)c(C)c1. The Morgan fingerprint density at radius 2 is 1.67 bits per heavy atom. The molecule has 0 spiro atoms. The molecule has 36 heavy (non-hydrogen) atoms. The first kappa shape index (κ1) is 26.1. The first-order valence-electron chi connectivity index (χ1n) is 13.4. The van der Waals surface area contributed by atoms with Crippen molar-refractivity contribution in [3.8, 4) is 0 Å². The van der Waals surface area contributed by atoms with Crippen LogP contribution in [0.3, 0.4) is 0 Å². The predicted molar refractivity (Wildman–Crippen MR) is 141 cm³/mol. The van der Waals surface area contributed by atoms with E-state index >= 15 is 0 Å². The summed E-state index contributed by atoms with van der Waals surface area (Å²) >= 11 is 0. The standard InChI is InChI=1S/C31H39NO4/c1-20(2)22-10-12-24(13-11-22)30(34)32-17-16-27(23-8-6-5-7-9-23)29(32)28(33)19-25-14-15-26(18-21(25)3)31(35)36-4/h5-9,14-15,18,20,22,24,27,29H,10-13,16-17,19H2,1-4H3/t22?,24?,27-,29-/m0/s1. The number of ketones is 1. The van der Waals surface area contributed by atoms with E-state index in [0.29, 0.717) is 23.9 Å². The first-order chi connectivity index (χ1) is 17.3. The lowest BCUT2D eigenvalue weighted by molar-refractivity contribution is -0.142. The third kappa shape index (κ3) is 5.55. The number of hydrogen-bond donors (Lipinski definition) is 0. The molecule has 1 heterocycles. The maximum Gasteiger partial charge on any atom is 0.337 e. The summed E-state index contributed by atoms with van der Waals surface area (Å²) in [5, 5.41) is 0. The first-order valence-corrected chi connectivity index (χ1v) is 13.4. The van der Waals surface area contributed by atoms with Crippen LogP contribution in [-0.4, -0.2) is 42.3 Å². The molecule has 5 heteroatoms. The Labute approximate surface area is 215 Å². The van der Waals surface area contributed by atoms with E-state index in [9.17, 15) is 14.4 Å². The molecule has 1 amide bonds. The molecule has 2 aromatic carbocycles. The number of ether oxygens (including phenoxy) is 1. The van der Waals surface area contributed by atoms with Gasteiger partial charge in [0.25, 0.3) is 0 Å². The van der Waals surface area contributed by atoms with Gasteiger partial charge in [-0.2, -0.15) is 0 Å². The number of carbonyl (C=O) groups is 3. The second-order valence-corrected chi connectivity index (χ2v) is 10.9. The summed E-state index contributed by atoms with van der Waals surface area (Å²) in [6.07, 6.45) is 5.06. The van der Waals surface area contributed by atoms with Crippen molar-refractivity contribution < 1.29 is 19.1 Å². The highest BCUT2D eigenvalue weighted by Gasteiger charge is 2.44. The Bertz CT molecular complexity index is 1090. The second kappa shape index (κ2) is 11.4. The lowest BCUT2D eigenvalue weighted by atomic mass is 9.76. The van der Waals surface area contributed by atoms with E-state index in [4.69, 9.17) is 4.74 Å². The van der Waals surface area contributed by atoms with Gasteiger partial charge in [0.15, 0.2) is 5.78 Å². The van der Waals surface area contributed by atoms with Gasteiger partial charge in [-0.1, -0.05) is 50.2 Å². The smallest absolute Gasteiger partial charge is 0.337 e. The number of nitrogens with zero attached hydrogens (tertiary/aromatic N) is 1. The van der Waals surface area contributed by atoms with Crippen molar-refractivity contribution in [1.82, 2.24) is 4.90 Å². The number of likely N-dealkylation sites (tertiary alicyclic amines) is 1. The quantitative estimate of drug-likeness (QED) is 0.465. The molecule has 5 nitrogen and oxygen atoms in total. The number of Topliss-reactive ketones (excluding diaryl/α,β-unsaturated/α-hetero) is 1. The van der Waals surface area contributed by atoms with Crippen molar-refractivity contribution in [3.05, 3.63) is 70.8 Å². The summed E-state index contributed by atoms with van der Waals surface area (Å²) in [5.41, 5.74) is 3.36. The number of aryl methyl sites for hydroxylation is 1. The summed E-state index contributed by atoms with van der Waals surface area (Å²) in [4.78, 5) is 41.4. The molecule has 2 atom stereocenters. The molecule has 2 fully saturated rings. The summed E-state index contributed by atoms with van der Waals surface area (Å²) in [5.74, 6) is 1.21. The molecule has 4 rings (SSSR count). The average molecular weight is 490 g/mol. The molecule has 0 aromatic heterocycles. The van der Waals surface area contributed by atoms with Gasteiger partial charge < -0.3 is 9.64 Å². The number of carbonyl (C=O) groups excluding carboxylic acids is 3. The van der Waals surface area contributed by atoms with E-state index in [2.05, 4.69) is 26.0 Å². The minimum absolute atomic E-state index is 0.00398. The number of methoxy groups -OCH3 is 1. The van der Waals surface area contributed by atoms with E-state index in [0.717, 1.165) is 48.8 Å². The molecular weight excluding hydrogens is 450 g/mol. The van der Waals surface area contributed by atoms with Crippen molar-refractivity contribution in [1.29, 1.82) is 0 Å². The van der Waals surface area contributed by atoms with Gasteiger partial charge in [-0.3, -0.25) is 9.59 Å². The zero-order valence-corrected chi connectivity index (χ0v) is 22.0. The number of benzene rings is 2. The van der Waals surface area contributed by atoms with Crippen LogP contribution < -0.4 is 0 Å². The predicted octanol–water partition coefficient (Wildman–Crippen LogP) is 5.74. The topological polar surface area (TPSA) is 63.7 Å². The van der Waals surface area contributed by atoms with Gasteiger partial charge in [-0.25, -0.2) is 4.79 Å². The van der Waals surface area contributed by atoms with Crippen molar-refractivity contribution in [3.63, 3.8) is 0 Å². The van der Waals surface area contributed by atoms with E-state index in [1.54, 1.807) is 12.1 Å². The molecule has 192 valence electrons. The van der Waals surface area contributed by atoms with Gasteiger partial charge in [-0.15, -0.1) is 0 Å². The molecule has 1 saturated carbocycles. The van der Waals surface area contributed by atoms with Crippen LogP contribution in [0.15, 0.2) is 48.5 Å². The van der Waals surface area contributed by atoms with Crippen molar-refractivity contribution in [2.45, 2.75) is 71.3 Å². The number of rotatable bonds is 7. The van der Waals surface area contributed by atoms with E-state index in [1.807, 2.05) is 36.1 Å². The molecule has 1 aliphatic heterocycles. The average Bonchev–Trinajstić information content (AvgIpc) is 3.35. The lowest BCUT2D eigenvalue weighted by Crippen LogP contribution is -2.46. The van der Waals surface area contributed by atoms with Crippen LogP contribution >= 0.6 is 0 Å². The van der Waals surface area contributed by atoms with Crippen LogP contribution in [-0.2, 0) is 20.7 Å². The number of esters is 1. The summed E-state index contributed by atoms with van der Waals surface area (Å²) in [7, 11) is 1.36. The van der Waals surface area contributed by atoms with Crippen LogP contribution in [0.25, 0.3) is 0 Å². The van der Waals surface area contributed by atoms with Gasteiger partial charge in [0.2, 0.25) is 5.91 Å². The monoisotopic (exact) mass is 489 g/mol. The van der Waals surface area contributed by atoms with E-state index < -0.39 is 6.04 Å². The van der Waals surface area contributed by atoms with E-state index in [1.165, 1.54) is 7.11 Å². The molecular formula is C31H39NO4. The molecule has 0 N–H and O–H groups in total. The zero-order valence-electron chi connectivity index (χ0n) is 22.0. The van der Waals surface area contributed by atoms with Crippen LogP contribution in [0.5, 0.6) is 0 Å². The lowest BCUT2D eigenvalue weighted by Gasteiger charge is -2.35. The Morgan fingerprint density at radius 1 is 0.972 bits per heavy atom. The highest BCUT2D eigenvalue weighted by molar-refractivity contribution is 5.93. The Balaban J connectivity index is 1.56. The maximum atomic E-state index is 13.9. The minimum Gasteiger partial charge on any atom is -0.465 e. The molecule has 1 aliphatic carbocycles. The van der Waals surface area contributed by atoms with Crippen LogP contribution in [0.4, 0.5) is 0 Å². The number of hydrogen-bond acceptors (Lipinski definition) is 4. The third-order valence-electron chi connectivity index (χ3n) is 8.43. The highest BCUT2D eigenvalue weighted by atomic mass is 16.5. The van der Waals surface area contributed by atoms with Crippen molar-refractivity contribution in [2.24, 2.45) is 17.8 Å². The second-order valence-electron chi connectivity index (χ2n) is 10.9. The molecule has 0 radical (unpaired) electrons. The molecule has 0 bridgehead atoms. The molecule has 2 aromatic rings. The largest absolute Gasteiger partial charge is 0.465 e. The molecule has 0 unspecified atom stereocenters. The van der Waals surface area contributed by atoms with Crippen molar-refractivity contribution in [2.75, 3.05) is 13.7 Å². The number of amides is 1. The fraction of sp³-hybridized carbons (Fsp3) is 0.516. The Morgan fingerprint density at radius 3 is 2.28 bits per heavy atom. The fourth-order valence-electron chi connectivity index (χ4n) is 6.19. The zero-order chi connectivity index (χ0) is 25.8. The maximum absolute atomic E-state index is 13.9. The van der Waals surface area contributed by atoms with Gasteiger partial charge >= 0.3 is 5.97 Å². The summed E-state index contributed by atoms with van der Waals surface area (Å²) in [6.45, 7) is 7.08. The van der Waals surface area contributed by atoms with Gasteiger partial charge in [0.1, 0.15) is 0 Å². The van der Waals surface area contributed by atoms with Crippen LogP contribution in [0, 0.1) is 24.7 Å². The van der Waals surface area contributed by atoms with Gasteiger partial charge in [0, 0.05) is 24.8 Å². The highest BCUT2D eigenvalue weighted by Crippen LogP contribution is 2.39. The Hall–Kier alpha value is -2.95. The van der Waals surface area contributed by atoms with Crippen molar-refractivity contribution >= 4 is 17.7 Å². The molecule has 1 saturated heterocycles. The van der Waals surface area contributed by atoms with E-state index in [-0.39, 0.29) is 35.9 Å². The van der Waals surface area contributed by atoms with Gasteiger partial charge in [-0.05, 0) is 79.7 Å². The van der Waals surface area contributed by atoms with Gasteiger partial charge in [0.05, 0.1) is 18.7 Å². The fourth-order valence-corrected chi connectivity index (χ4v) is 6.19. The normalized spacial score (nSPS) is 24.1. The summed E-state index contributed by atoms with van der Waals surface area (Å²) in [6, 6.07) is 15.0. The van der Waals surface area contributed by atoms with Crippen LogP contribution in [0.2, 0.25) is 0 Å². The Kier molecular flexibility index (Phi) is 8.28.